The Labute approximate surface area is 255 Å². The zero-order valence-electron chi connectivity index (χ0n) is 26.3. The predicted molar refractivity (Wildman–Crippen MR) is 171 cm³/mol. The third-order valence-corrected chi connectivity index (χ3v) is 7.40. The second-order valence-corrected chi connectivity index (χ2v) is 13.0. The third kappa shape index (κ3) is 8.46. The lowest BCUT2D eigenvalue weighted by atomic mass is 9.86. The van der Waals surface area contributed by atoms with Crippen LogP contribution in [0.1, 0.15) is 100 Å². The first kappa shape index (κ1) is 31.8. The summed E-state index contributed by atoms with van der Waals surface area (Å²) in [6, 6.07) is 15.8. The minimum Gasteiger partial charge on any atom is -0.456 e. The van der Waals surface area contributed by atoms with E-state index in [1.54, 1.807) is 6.07 Å². The molecule has 0 unspecified atom stereocenters. The van der Waals surface area contributed by atoms with Gasteiger partial charge in [0.2, 0.25) is 5.91 Å². The van der Waals surface area contributed by atoms with Crippen molar-refractivity contribution in [2.45, 2.75) is 92.2 Å². The number of rotatable bonds is 11. The maximum absolute atomic E-state index is 12.9. The van der Waals surface area contributed by atoms with Crippen molar-refractivity contribution in [3.05, 3.63) is 82.9 Å². The van der Waals surface area contributed by atoms with Crippen LogP contribution >= 0.6 is 0 Å². The van der Waals surface area contributed by atoms with Crippen LogP contribution in [0.2, 0.25) is 0 Å². The Morgan fingerprint density at radius 3 is 2.42 bits per heavy atom. The molecule has 0 fully saturated rings. The highest BCUT2D eigenvalue weighted by Crippen LogP contribution is 2.28. The van der Waals surface area contributed by atoms with E-state index in [1.807, 2.05) is 77.1 Å². The molecule has 0 saturated carbocycles. The number of nitrogens with zero attached hydrogens (tertiary/aromatic N) is 3. The fourth-order valence-corrected chi connectivity index (χ4v) is 5.20. The number of carbonyl (C=O) groups excluding carboxylic acids is 3. The molecule has 1 amide bonds. The Hall–Kier alpha value is -4.13. The fourth-order valence-electron chi connectivity index (χ4n) is 5.20. The molecule has 226 valence electrons. The predicted octanol–water partition coefficient (Wildman–Crippen LogP) is 7.44. The molecular weight excluding hydrogens is 538 g/mol. The Bertz CT molecular complexity index is 1540. The molecule has 3 aromatic rings. The standard InChI is InChI=1S/C36H43N3O4/c1-7-8-13-32-38-30-19-18-27(37-33(41)23-36(5,6)20-21-40)22-31(30)39(32)24-25-14-16-26(17-15-25)28-11-9-10-12-29(28)34(42)43-35(2,3)4/h9-12,14-19,21H,7-8,13,20,22-24H2,1-6H3. The summed E-state index contributed by atoms with van der Waals surface area (Å²) in [6.45, 7) is 12.2. The highest BCUT2D eigenvalue weighted by Gasteiger charge is 2.24. The van der Waals surface area contributed by atoms with Crippen LogP contribution in [0.4, 0.5) is 0 Å². The van der Waals surface area contributed by atoms with Gasteiger partial charge >= 0.3 is 5.97 Å². The van der Waals surface area contributed by atoms with E-state index in [0.29, 0.717) is 30.7 Å². The van der Waals surface area contributed by atoms with E-state index in [4.69, 9.17) is 9.72 Å². The number of fused-ring (bicyclic) bond motifs is 1. The van der Waals surface area contributed by atoms with Crippen molar-refractivity contribution >= 4 is 30.0 Å². The van der Waals surface area contributed by atoms with Gasteiger partial charge in [0.15, 0.2) is 0 Å². The van der Waals surface area contributed by atoms with Gasteiger partial charge in [-0.25, -0.2) is 14.8 Å². The SMILES string of the molecule is CCCCc1nc2c(n1Cc1ccc(-c3ccccc3C(=O)OC(C)(C)C)cc1)CC(=NC(=O)CC(C)(C)CC=O)C=C2. The van der Waals surface area contributed by atoms with Gasteiger partial charge in [-0.3, -0.25) is 4.79 Å². The van der Waals surface area contributed by atoms with Crippen molar-refractivity contribution < 1.29 is 19.1 Å². The fraction of sp³-hybridized carbons (Fsp3) is 0.417. The van der Waals surface area contributed by atoms with Crippen molar-refractivity contribution in [2.75, 3.05) is 0 Å². The maximum Gasteiger partial charge on any atom is 0.339 e. The van der Waals surface area contributed by atoms with Crippen molar-refractivity contribution in [1.82, 2.24) is 9.55 Å². The van der Waals surface area contributed by atoms with Crippen molar-refractivity contribution in [3.63, 3.8) is 0 Å². The summed E-state index contributed by atoms with van der Waals surface area (Å²) >= 11 is 0. The number of aliphatic imine (C=N–C) groups is 1. The van der Waals surface area contributed by atoms with Crippen LogP contribution in [-0.2, 0) is 33.7 Å². The number of hydrogen-bond donors (Lipinski definition) is 0. The number of unbranched alkanes of at least 4 members (excludes halogenated alkanes) is 1. The number of hydrogen-bond acceptors (Lipinski definition) is 5. The van der Waals surface area contributed by atoms with Crippen molar-refractivity contribution in [1.29, 1.82) is 0 Å². The summed E-state index contributed by atoms with van der Waals surface area (Å²) in [4.78, 5) is 46.0. The largest absolute Gasteiger partial charge is 0.456 e. The van der Waals surface area contributed by atoms with E-state index in [0.717, 1.165) is 59.5 Å². The molecule has 43 heavy (non-hydrogen) atoms. The number of aldehydes is 1. The van der Waals surface area contributed by atoms with Crippen molar-refractivity contribution in [2.24, 2.45) is 10.4 Å². The molecule has 0 aliphatic heterocycles. The van der Waals surface area contributed by atoms with Crippen LogP contribution in [0.5, 0.6) is 0 Å². The first-order chi connectivity index (χ1) is 20.4. The molecule has 0 atom stereocenters. The van der Waals surface area contributed by atoms with Gasteiger partial charge in [-0.05, 0) is 67.5 Å². The Morgan fingerprint density at radius 2 is 1.74 bits per heavy atom. The first-order valence-electron chi connectivity index (χ1n) is 15.1. The molecule has 7 heteroatoms. The second-order valence-electron chi connectivity index (χ2n) is 13.0. The summed E-state index contributed by atoms with van der Waals surface area (Å²) in [6.07, 6.45) is 8.71. The van der Waals surface area contributed by atoms with Crippen LogP contribution in [0, 0.1) is 5.41 Å². The number of esters is 1. The Kier molecular flexibility index (Phi) is 9.95. The summed E-state index contributed by atoms with van der Waals surface area (Å²) in [5.41, 5.74) is 5.10. The minimum absolute atomic E-state index is 0.213. The molecule has 2 aromatic carbocycles. The lowest BCUT2D eigenvalue weighted by molar-refractivity contribution is -0.120. The number of aromatic nitrogens is 2. The van der Waals surface area contributed by atoms with Crippen LogP contribution in [0.3, 0.4) is 0 Å². The average molecular weight is 582 g/mol. The summed E-state index contributed by atoms with van der Waals surface area (Å²) in [5.74, 6) is 0.471. The molecule has 1 aliphatic rings. The molecule has 0 bridgehead atoms. The van der Waals surface area contributed by atoms with Gasteiger partial charge in [-0.2, -0.15) is 0 Å². The zero-order valence-corrected chi connectivity index (χ0v) is 26.3. The molecule has 1 aliphatic carbocycles. The average Bonchev–Trinajstić information content (AvgIpc) is 3.27. The van der Waals surface area contributed by atoms with Crippen LogP contribution in [0.25, 0.3) is 17.2 Å². The van der Waals surface area contributed by atoms with Crippen LogP contribution in [-0.4, -0.2) is 39.0 Å². The van der Waals surface area contributed by atoms with Gasteiger partial charge in [-0.1, -0.05) is 69.7 Å². The highest BCUT2D eigenvalue weighted by molar-refractivity contribution is 6.07. The van der Waals surface area contributed by atoms with E-state index in [9.17, 15) is 14.4 Å². The lowest BCUT2D eigenvalue weighted by Gasteiger charge is -2.20. The zero-order chi connectivity index (χ0) is 31.2. The lowest BCUT2D eigenvalue weighted by Crippen LogP contribution is -2.24. The van der Waals surface area contributed by atoms with Crippen molar-refractivity contribution in [3.8, 4) is 11.1 Å². The number of aryl methyl sites for hydroxylation is 1. The summed E-state index contributed by atoms with van der Waals surface area (Å²) < 4.78 is 7.90. The molecule has 1 aromatic heterocycles. The Morgan fingerprint density at radius 1 is 1.02 bits per heavy atom. The molecule has 0 N–H and O–H groups in total. The molecule has 0 saturated heterocycles. The molecule has 4 rings (SSSR count). The Balaban J connectivity index is 1.59. The number of carbonyl (C=O) groups is 3. The third-order valence-electron chi connectivity index (χ3n) is 7.40. The molecule has 7 nitrogen and oxygen atoms in total. The van der Waals surface area contributed by atoms with Gasteiger partial charge in [0, 0.05) is 32.2 Å². The van der Waals surface area contributed by atoms with Gasteiger partial charge in [0.25, 0.3) is 0 Å². The smallest absolute Gasteiger partial charge is 0.339 e. The number of allylic oxidation sites excluding steroid dienone is 1. The van der Waals surface area contributed by atoms with Crippen LogP contribution in [0.15, 0.2) is 59.6 Å². The maximum atomic E-state index is 12.9. The number of benzene rings is 2. The highest BCUT2D eigenvalue weighted by atomic mass is 16.6. The van der Waals surface area contributed by atoms with E-state index < -0.39 is 11.0 Å². The second kappa shape index (κ2) is 13.4. The number of amides is 1. The molecule has 0 radical (unpaired) electrons. The van der Waals surface area contributed by atoms with Gasteiger partial charge in [0.1, 0.15) is 17.7 Å². The van der Waals surface area contributed by atoms with Crippen LogP contribution < -0.4 is 0 Å². The van der Waals surface area contributed by atoms with E-state index in [-0.39, 0.29) is 18.3 Å². The normalized spacial score (nSPS) is 14.0. The van der Waals surface area contributed by atoms with Gasteiger partial charge < -0.3 is 14.1 Å². The van der Waals surface area contributed by atoms with Gasteiger partial charge in [-0.15, -0.1) is 0 Å². The van der Waals surface area contributed by atoms with Gasteiger partial charge in [0.05, 0.1) is 22.7 Å². The summed E-state index contributed by atoms with van der Waals surface area (Å²) in [7, 11) is 0. The molecule has 0 spiro atoms. The monoisotopic (exact) mass is 581 g/mol. The van der Waals surface area contributed by atoms with E-state index in [2.05, 4.69) is 28.6 Å². The van der Waals surface area contributed by atoms with E-state index >= 15 is 0 Å². The minimum atomic E-state index is -0.576. The molecule has 1 heterocycles. The molecular formula is C36H43N3O4. The topological polar surface area (TPSA) is 90.6 Å². The van der Waals surface area contributed by atoms with E-state index in [1.165, 1.54) is 0 Å². The quantitative estimate of drug-likeness (QED) is 0.173. The number of imidazole rings is 1. The first-order valence-corrected chi connectivity index (χ1v) is 15.1. The number of ether oxygens (including phenoxy) is 1. The summed E-state index contributed by atoms with van der Waals surface area (Å²) in [5, 5.41) is 0.